The van der Waals surface area contributed by atoms with Gasteiger partial charge in [0.1, 0.15) is 5.52 Å². The lowest BCUT2D eigenvalue weighted by atomic mass is 10.5. The van der Waals surface area contributed by atoms with E-state index in [0.717, 1.165) is 4.68 Å². The van der Waals surface area contributed by atoms with Gasteiger partial charge in [0.05, 0.1) is 19.6 Å². The summed E-state index contributed by atoms with van der Waals surface area (Å²) in [6, 6.07) is 1.65. The quantitative estimate of drug-likeness (QED) is 0.590. The molecule has 5 nitrogen and oxygen atoms in total. The molecule has 12 heavy (non-hydrogen) atoms. The molecule has 0 saturated heterocycles. The van der Waals surface area contributed by atoms with Gasteiger partial charge in [-0.25, -0.2) is 4.79 Å². The van der Waals surface area contributed by atoms with E-state index in [-0.39, 0.29) is 0 Å². The van der Waals surface area contributed by atoms with Crippen molar-refractivity contribution in [3.05, 3.63) is 18.5 Å². The summed E-state index contributed by atoms with van der Waals surface area (Å²) < 4.78 is 10.6. The number of ether oxygens (including phenoxy) is 1. The summed E-state index contributed by atoms with van der Waals surface area (Å²) in [6.07, 6.45) is 2.43. The molecule has 2 aromatic rings. The molecule has 0 bridgehead atoms. The molecule has 0 amide bonds. The number of nitrogens with zero attached hydrogens (tertiary/aromatic N) is 2. The van der Waals surface area contributed by atoms with Gasteiger partial charge in [-0.15, -0.1) is 0 Å². The highest BCUT2D eigenvalue weighted by Gasteiger charge is 2.11. The number of methoxy groups -OCH3 is 1. The first kappa shape index (κ1) is 6.90. The lowest BCUT2D eigenvalue weighted by Gasteiger charge is -1.95. The Bertz CT molecular complexity index is 415. The van der Waals surface area contributed by atoms with Gasteiger partial charge < -0.3 is 9.15 Å². The van der Waals surface area contributed by atoms with E-state index in [2.05, 4.69) is 9.84 Å². The average Bonchev–Trinajstić information content (AvgIpc) is 2.62. The standard InChI is InChI=1S/C7H6N2O3/c1-11-7(10)9-5-2-3-12-6(5)4-8-9/h2-4H,1H3. The molecule has 62 valence electrons. The number of aromatic nitrogens is 2. The molecule has 0 unspecified atom stereocenters. The van der Waals surface area contributed by atoms with Crippen LogP contribution in [0.3, 0.4) is 0 Å². The Morgan fingerprint density at radius 1 is 1.75 bits per heavy atom. The van der Waals surface area contributed by atoms with Gasteiger partial charge in [-0.3, -0.25) is 0 Å². The summed E-state index contributed by atoms with van der Waals surface area (Å²) in [6.45, 7) is 0. The number of hydrogen-bond donors (Lipinski definition) is 0. The van der Waals surface area contributed by atoms with Crippen molar-refractivity contribution in [3.8, 4) is 0 Å². The second kappa shape index (κ2) is 2.37. The van der Waals surface area contributed by atoms with Gasteiger partial charge in [0.25, 0.3) is 0 Å². The molecule has 0 saturated carbocycles. The van der Waals surface area contributed by atoms with Crippen molar-refractivity contribution in [1.29, 1.82) is 0 Å². The zero-order valence-electron chi connectivity index (χ0n) is 6.35. The number of carbonyl (C=O) groups excluding carboxylic acids is 1. The zero-order valence-corrected chi connectivity index (χ0v) is 6.35. The Balaban J connectivity index is 2.61. The van der Waals surface area contributed by atoms with Crippen LogP contribution in [0.15, 0.2) is 22.9 Å². The van der Waals surface area contributed by atoms with E-state index < -0.39 is 6.09 Å². The maximum atomic E-state index is 11.0. The molecule has 2 aromatic heterocycles. The molecule has 0 aromatic carbocycles. The van der Waals surface area contributed by atoms with Crippen LogP contribution >= 0.6 is 0 Å². The van der Waals surface area contributed by atoms with Crippen LogP contribution < -0.4 is 0 Å². The second-order valence-electron chi connectivity index (χ2n) is 2.20. The second-order valence-corrected chi connectivity index (χ2v) is 2.20. The summed E-state index contributed by atoms with van der Waals surface area (Å²) in [5.74, 6) is 0. The summed E-state index contributed by atoms with van der Waals surface area (Å²) in [5, 5.41) is 3.77. The first-order chi connectivity index (χ1) is 5.83. The third-order valence-corrected chi connectivity index (χ3v) is 1.54. The smallest absolute Gasteiger partial charge is 0.435 e. The maximum Gasteiger partial charge on any atom is 0.435 e. The summed E-state index contributed by atoms with van der Waals surface area (Å²) in [4.78, 5) is 11.0. The molecule has 5 heteroatoms. The highest BCUT2D eigenvalue weighted by molar-refractivity contribution is 5.84. The summed E-state index contributed by atoms with van der Waals surface area (Å²) in [7, 11) is 1.30. The number of rotatable bonds is 0. The van der Waals surface area contributed by atoms with Gasteiger partial charge >= 0.3 is 6.09 Å². The Morgan fingerprint density at radius 2 is 2.58 bits per heavy atom. The molecule has 0 radical (unpaired) electrons. The third kappa shape index (κ3) is 0.795. The number of carbonyl (C=O) groups is 1. The number of furan rings is 1. The number of hydrogen-bond acceptors (Lipinski definition) is 4. The van der Waals surface area contributed by atoms with Crippen molar-refractivity contribution < 1.29 is 13.9 Å². The predicted octanol–water partition coefficient (Wildman–Crippen LogP) is 1.24. The fourth-order valence-corrected chi connectivity index (χ4v) is 0.990. The lowest BCUT2D eigenvalue weighted by molar-refractivity contribution is 0.170. The Hall–Kier alpha value is -1.78. The highest BCUT2D eigenvalue weighted by Crippen LogP contribution is 2.13. The minimum atomic E-state index is -0.522. The van der Waals surface area contributed by atoms with E-state index >= 15 is 0 Å². The zero-order chi connectivity index (χ0) is 8.55. The van der Waals surface area contributed by atoms with Crippen molar-refractivity contribution in [1.82, 2.24) is 9.78 Å². The van der Waals surface area contributed by atoms with Gasteiger partial charge in [0.15, 0.2) is 5.58 Å². The molecule has 2 heterocycles. The molecule has 2 rings (SSSR count). The Morgan fingerprint density at radius 3 is 3.33 bits per heavy atom. The maximum absolute atomic E-state index is 11.0. The molecule has 0 N–H and O–H groups in total. The van der Waals surface area contributed by atoms with Crippen molar-refractivity contribution in [2.45, 2.75) is 0 Å². The molecule has 0 aliphatic rings. The molecule has 0 atom stereocenters. The largest absolute Gasteiger partial charge is 0.461 e. The number of fused-ring (bicyclic) bond motifs is 1. The van der Waals surface area contributed by atoms with Crippen LogP contribution in [0.4, 0.5) is 4.79 Å². The molecule has 0 aliphatic heterocycles. The third-order valence-electron chi connectivity index (χ3n) is 1.54. The van der Waals surface area contributed by atoms with Crippen molar-refractivity contribution in [3.63, 3.8) is 0 Å². The van der Waals surface area contributed by atoms with Crippen molar-refractivity contribution in [2.75, 3.05) is 7.11 Å². The monoisotopic (exact) mass is 166 g/mol. The topological polar surface area (TPSA) is 57.3 Å². The van der Waals surface area contributed by atoms with E-state index in [0.29, 0.717) is 11.1 Å². The van der Waals surface area contributed by atoms with Crippen LogP contribution in [0.5, 0.6) is 0 Å². The van der Waals surface area contributed by atoms with Gasteiger partial charge in [-0.2, -0.15) is 9.78 Å². The molecule has 0 fully saturated rings. The van der Waals surface area contributed by atoms with Gasteiger partial charge in [-0.1, -0.05) is 0 Å². The molecule has 0 aliphatic carbocycles. The van der Waals surface area contributed by atoms with E-state index in [1.54, 1.807) is 6.07 Å². The van der Waals surface area contributed by atoms with Crippen molar-refractivity contribution >= 4 is 17.2 Å². The van der Waals surface area contributed by atoms with Gasteiger partial charge in [-0.05, 0) is 0 Å². The van der Waals surface area contributed by atoms with E-state index in [4.69, 9.17) is 4.42 Å². The van der Waals surface area contributed by atoms with E-state index in [9.17, 15) is 4.79 Å². The van der Waals surface area contributed by atoms with Crippen LogP contribution in [0.1, 0.15) is 0 Å². The predicted molar refractivity (Wildman–Crippen MR) is 39.8 cm³/mol. The SMILES string of the molecule is COC(=O)n1ncc2occc21. The van der Waals surface area contributed by atoms with E-state index in [1.165, 1.54) is 19.6 Å². The summed E-state index contributed by atoms with van der Waals surface area (Å²) in [5.41, 5.74) is 1.18. The highest BCUT2D eigenvalue weighted by atomic mass is 16.5. The van der Waals surface area contributed by atoms with Crippen LogP contribution in [-0.2, 0) is 4.74 Å². The normalized spacial score (nSPS) is 10.4. The van der Waals surface area contributed by atoms with Gasteiger partial charge in [0.2, 0.25) is 0 Å². The first-order valence-electron chi connectivity index (χ1n) is 3.32. The van der Waals surface area contributed by atoms with Gasteiger partial charge in [0, 0.05) is 6.07 Å². The molecule has 0 spiro atoms. The lowest BCUT2D eigenvalue weighted by Crippen LogP contribution is -2.11. The van der Waals surface area contributed by atoms with Crippen LogP contribution in [0, 0.1) is 0 Å². The average molecular weight is 166 g/mol. The Labute approximate surface area is 67.5 Å². The summed E-state index contributed by atoms with van der Waals surface area (Å²) >= 11 is 0. The fourth-order valence-electron chi connectivity index (χ4n) is 0.990. The first-order valence-corrected chi connectivity index (χ1v) is 3.32. The minimum absolute atomic E-state index is 0.522. The van der Waals surface area contributed by atoms with Crippen molar-refractivity contribution in [2.24, 2.45) is 0 Å². The van der Waals surface area contributed by atoms with E-state index in [1.807, 2.05) is 0 Å². The molecular formula is C7H6N2O3. The van der Waals surface area contributed by atoms with Crippen LogP contribution in [-0.4, -0.2) is 23.0 Å². The minimum Gasteiger partial charge on any atom is -0.461 e. The fraction of sp³-hybridized carbons (Fsp3) is 0.143. The Kier molecular flexibility index (Phi) is 1.36. The van der Waals surface area contributed by atoms with Crippen LogP contribution in [0.25, 0.3) is 11.1 Å². The molecular weight excluding hydrogens is 160 g/mol. The van der Waals surface area contributed by atoms with Crippen LogP contribution in [0.2, 0.25) is 0 Å².